The van der Waals surface area contributed by atoms with Crippen molar-refractivity contribution in [3.63, 3.8) is 0 Å². The van der Waals surface area contributed by atoms with E-state index in [1.165, 1.54) is 0 Å². The van der Waals surface area contributed by atoms with Crippen LogP contribution in [0.1, 0.15) is 23.2 Å². The van der Waals surface area contributed by atoms with E-state index in [2.05, 4.69) is 0 Å². The number of hydrogen-bond acceptors (Lipinski definition) is 3. The fourth-order valence-corrected chi connectivity index (χ4v) is 2.15. The van der Waals surface area contributed by atoms with Crippen molar-refractivity contribution in [1.29, 1.82) is 0 Å². The third kappa shape index (κ3) is 2.92. The minimum atomic E-state index is -2.02. The minimum absolute atomic E-state index is 0.308. The van der Waals surface area contributed by atoms with Crippen LogP contribution in [0.3, 0.4) is 0 Å². The first-order valence-corrected chi connectivity index (χ1v) is 6.12. The number of likely N-dealkylation sites (tertiary alicyclic amines) is 1. The van der Waals surface area contributed by atoms with Crippen LogP contribution in [0.25, 0.3) is 0 Å². The minimum Gasteiger partial charge on any atom is -0.457 e. The Morgan fingerprint density at radius 2 is 1.95 bits per heavy atom. The van der Waals surface area contributed by atoms with Crippen LogP contribution in [-0.4, -0.2) is 37.1 Å². The lowest BCUT2D eigenvalue weighted by Gasteiger charge is -2.29. The van der Waals surface area contributed by atoms with E-state index in [1.807, 2.05) is 11.9 Å². The molecule has 0 amide bonds. The maximum Gasteiger partial charge on any atom is 0.341 e. The van der Waals surface area contributed by atoms with Gasteiger partial charge in [-0.3, -0.25) is 0 Å². The fraction of sp³-hybridized carbons (Fsp3) is 0.462. The topological polar surface area (TPSA) is 29.5 Å². The van der Waals surface area contributed by atoms with E-state index in [0.717, 1.165) is 13.0 Å². The molecule has 3 nitrogen and oxygen atoms in total. The maximum absolute atomic E-state index is 13.4. The van der Waals surface area contributed by atoms with Crippen molar-refractivity contribution in [2.24, 2.45) is 0 Å². The van der Waals surface area contributed by atoms with Crippen LogP contribution in [0, 0.1) is 23.3 Å². The summed E-state index contributed by atoms with van der Waals surface area (Å²) < 4.78 is 57.3. The third-order valence-electron chi connectivity index (χ3n) is 3.18. The van der Waals surface area contributed by atoms with Crippen LogP contribution in [-0.2, 0) is 4.74 Å². The Morgan fingerprint density at radius 1 is 1.25 bits per heavy atom. The summed E-state index contributed by atoms with van der Waals surface area (Å²) in [6.45, 7) is 1.31. The number of halogens is 4. The summed E-state index contributed by atoms with van der Waals surface area (Å²) in [6, 6.07) is 0.308. The Morgan fingerprint density at radius 3 is 2.60 bits per heavy atom. The Balaban J connectivity index is 2.17. The van der Waals surface area contributed by atoms with Gasteiger partial charge in [-0.05, 0) is 32.5 Å². The van der Waals surface area contributed by atoms with Crippen molar-refractivity contribution in [3.8, 4) is 0 Å². The molecule has 20 heavy (non-hydrogen) atoms. The van der Waals surface area contributed by atoms with Crippen LogP contribution >= 0.6 is 0 Å². The molecule has 1 aliphatic rings. The highest BCUT2D eigenvalue weighted by molar-refractivity contribution is 5.89. The lowest BCUT2D eigenvalue weighted by molar-refractivity contribution is 0.0102. The Bertz CT molecular complexity index is 536. The maximum atomic E-state index is 13.4. The predicted octanol–water partition coefficient (Wildman–Crippen LogP) is 2.49. The molecule has 0 aromatic heterocycles. The second-order valence-corrected chi connectivity index (χ2v) is 4.78. The lowest BCUT2D eigenvalue weighted by Crippen LogP contribution is -2.38. The zero-order chi connectivity index (χ0) is 14.9. The van der Waals surface area contributed by atoms with Crippen LogP contribution in [0.15, 0.2) is 6.07 Å². The Labute approximate surface area is 113 Å². The van der Waals surface area contributed by atoms with Crippen LogP contribution < -0.4 is 0 Å². The van der Waals surface area contributed by atoms with E-state index < -0.39 is 40.9 Å². The molecular weight excluding hydrogens is 278 g/mol. The number of benzene rings is 1. The summed E-state index contributed by atoms with van der Waals surface area (Å²) in [5.74, 6) is -8.52. The average Bonchev–Trinajstić information content (AvgIpc) is 2.40. The quantitative estimate of drug-likeness (QED) is 0.363. The van der Waals surface area contributed by atoms with Crippen molar-refractivity contribution < 1.29 is 27.1 Å². The van der Waals surface area contributed by atoms with E-state index in [-0.39, 0.29) is 0 Å². The molecule has 1 saturated heterocycles. The van der Waals surface area contributed by atoms with Crippen molar-refractivity contribution in [2.75, 3.05) is 20.1 Å². The predicted molar refractivity (Wildman–Crippen MR) is 62.2 cm³/mol. The van der Waals surface area contributed by atoms with Crippen molar-refractivity contribution >= 4 is 5.97 Å². The first-order valence-electron chi connectivity index (χ1n) is 6.12. The lowest BCUT2D eigenvalue weighted by atomic mass is 10.1. The molecule has 0 bridgehead atoms. The van der Waals surface area contributed by atoms with Gasteiger partial charge in [-0.1, -0.05) is 0 Å². The summed E-state index contributed by atoms with van der Waals surface area (Å²) in [5.41, 5.74) is -0.936. The van der Waals surface area contributed by atoms with Gasteiger partial charge in [0.1, 0.15) is 11.7 Å². The van der Waals surface area contributed by atoms with Crippen LogP contribution in [0.4, 0.5) is 17.6 Å². The van der Waals surface area contributed by atoms with Gasteiger partial charge in [-0.25, -0.2) is 22.4 Å². The highest BCUT2D eigenvalue weighted by Gasteiger charge is 2.27. The van der Waals surface area contributed by atoms with Gasteiger partial charge >= 0.3 is 5.97 Å². The van der Waals surface area contributed by atoms with Gasteiger partial charge in [0, 0.05) is 6.54 Å². The molecule has 2 rings (SSSR count). The van der Waals surface area contributed by atoms with Crippen molar-refractivity contribution in [1.82, 2.24) is 4.90 Å². The molecular formula is C13H13F4NO2. The van der Waals surface area contributed by atoms with E-state index >= 15 is 0 Å². The molecule has 0 aliphatic carbocycles. The van der Waals surface area contributed by atoms with E-state index in [0.29, 0.717) is 19.0 Å². The number of ether oxygens (including phenoxy) is 1. The first kappa shape index (κ1) is 14.8. The molecule has 0 saturated carbocycles. The summed E-state index contributed by atoms with van der Waals surface area (Å²) in [4.78, 5) is 13.6. The number of nitrogens with zero attached hydrogens (tertiary/aromatic N) is 1. The molecule has 1 fully saturated rings. The van der Waals surface area contributed by atoms with Gasteiger partial charge in [0.25, 0.3) is 0 Å². The number of likely N-dealkylation sites (N-methyl/N-ethyl adjacent to an activating group) is 1. The number of esters is 1. The third-order valence-corrected chi connectivity index (χ3v) is 3.18. The average molecular weight is 291 g/mol. The van der Waals surface area contributed by atoms with Gasteiger partial charge in [0.2, 0.25) is 0 Å². The van der Waals surface area contributed by atoms with Gasteiger partial charge in [0.05, 0.1) is 0 Å². The zero-order valence-electron chi connectivity index (χ0n) is 10.8. The number of piperidine rings is 1. The van der Waals surface area contributed by atoms with Gasteiger partial charge < -0.3 is 9.64 Å². The molecule has 7 heteroatoms. The molecule has 1 aromatic rings. The van der Waals surface area contributed by atoms with E-state index in [1.54, 1.807) is 0 Å². The molecule has 0 N–H and O–H groups in total. The van der Waals surface area contributed by atoms with Gasteiger partial charge in [0.15, 0.2) is 23.3 Å². The molecule has 0 radical (unpaired) electrons. The SMILES string of the molecule is CN1CCC[C@@H](OC(=O)c2cc(F)c(F)c(F)c2F)C1. The molecule has 110 valence electrons. The fourth-order valence-electron chi connectivity index (χ4n) is 2.15. The molecule has 0 unspecified atom stereocenters. The van der Waals surface area contributed by atoms with Crippen molar-refractivity contribution in [3.05, 3.63) is 34.9 Å². The number of hydrogen-bond donors (Lipinski definition) is 0. The Hall–Kier alpha value is -1.63. The molecule has 1 aromatic carbocycles. The number of rotatable bonds is 2. The van der Waals surface area contributed by atoms with Crippen molar-refractivity contribution in [2.45, 2.75) is 18.9 Å². The molecule has 1 aliphatic heterocycles. The first-order chi connectivity index (χ1) is 9.40. The van der Waals surface area contributed by atoms with Crippen LogP contribution in [0.5, 0.6) is 0 Å². The summed E-state index contributed by atoms with van der Waals surface area (Å²) >= 11 is 0. The largest absolute Gasteiger partial charge is 0.457 e. The highest BCUT2D eigenvalue weighted by Crippen LogP contribution is 2.21. The molecule has 0 spiro atoms. The van der Waals surface area contributed by atoms with E-state index in [4.69, 9.17) is 4.74 Å². The molecule has 1 heterocycles. The smallest absolute Gasteiger partial charge is 0.341 e. The van der Waals surface area contributed by atoms with Gasteiger partial charge in [-0.2, -0.15) is 0 Å². The monoisotopic (exact) mass is 291 g/mol. The summed E-state index contributed by atoms with van der Waals surface area (Å²) in [6.07, 6.45) is 0.907. The number of carbonyl (C=O) groups is 1. The summed E-state index contributed by atoms with van der Waals surface area (Å²) in [5, 5.41) is 0. The summed E-state index contributed by atoms with van der Waals surface area (Å²) in [7, 11) is 1.83. The van der Waals surface area contributed by atoms with Gasteiger partial charge in [-0.15, -0.1) is 0 Å². The normalized spacial score (nSPS) is 19.9. The second kappa shape index (κ2) is 5.78. The standard InChI is InChI=1S/C13H13F4NO2/c1-18-4-2-3-7(6-18)20-13(19)8-5-9(14)11(16)12(17)10(8)15/h5,7H,2-4,6H2,1H3/t7-/m1/s1. The zero-order valence-corrected chi connectivity index (χ0v) is 10.8. The second-order valence-electron chi connectivity index (χ2n) is 4.78. The van der Waals surface area contributed by atoms with E-state index in [9.17, 15) is 22.4 Å². The molecule has 1 atom stereocenters. The van der Waals surface area contributed by atoms with Crippen LogP contribution in [0.2, 0.25) is 0 Å². The Kier molecular flexibility index (Phi) is 4.27. The number of carbonyl (C=O) groups excluding carboxylic acids is 1. The highest BCUT2D eigenvalue weighted by atomic mass is 19.2.